The number of carbonyl (C=O) groups excluding carboxylic acids is 2. The van der Waals surface area contributed by atoms with Gasteiger partial charge in [-0.1, -0.05) is 18.2 Å². The number of likely N-dealkylation sites (tertiary alicyclic amines) is 1. The molecule has 1 fully saturated rings. The average Bonchev–Trinajstić information content (AvgIpc) is 2.61. The van der Waals surface area contributed by atoms with Gasteiger partial charge in [-0.3, -0.25) is 4.79 Å². The van der Waals surface area contributed by atoms with Crippen LogP contribution in [0.2, 0.25) is 0 Å². The number of para-hydroxylation sites is 1. The topological polar surface area (TPSA) is 65.1 Å². The van der Waals surface area contributed by atoms with Crippen LogP contribution in [0.15, 0.2) is 24.3 Å². The maximum absolute atomic E-state index is 12.4. The summed E-state index contributed by atoms with van der Waals surface area (Å²) in [5.74, 6) is 0.733. The van der Waals surface area contributed by atoms with E-state index in [2.05, 4.69) is 0 Å². The van der Waals surface area contributed by atoms with E-state index in [1.165, 1.54) is 0 Å². The molecule has 6 heteroatoms. The van der Waals surface area contributed by atoms with Crippen LogP contribution < -0.4 is 4.74 Å². The van der Waals surface area contributed by atoms with Crippen LogP contribution in [0.5, 0.6) is 5.75 Å². The normalized spacial score (nSPS) is 20.9. The van der Waals surface area contributed by atoms with Gasteiger partial charge in [-0.15, -0.1) is 0 Å². The molecule has 1 aromatic rings. The molecule has 0 unspecified atom stereocenters. The van der Waals surface area contributed by atoms with Crippen LogP contribution in [0.1, 0.15) is 64.9 Å². The third-order valence-electron chi connectivity index (χ3n) is 5.35. The highest BCUT2D eigenvalue weighted by molar-refractivity contribution is 5.71. The summed E-state index contributed by atoms with van der Waals surface area (Å²) in [6, 6.07) is 7.93. The molecule has 1 amide bonds. The molecular weight excluding hydrogens is 358 g/mol. The summed E-state index contributed by atoms with van der Waals surface area (Å²) in [4.78, 5) is 26.3. The molecule has 1 spiro atoms. The molecule has 0 aliphatic carbocycles. The molecule has 0 bridgehead atoms. The Labute approximate surface area is 167 Å². The van der Waals surface area contributed by atoms with E-state index < -0.39 is 5.60 Å². The van der Waals surface area contributed by atoms with Crippen molar-refractivity contribution in [1.29, 1.82) is 0 Å². The zero-order chi connectivity index (χ0) is 20.4. The Bertz CT molecular complexity index is 716. The third-order valence-corrected chi connectivity index (χ3v) is 5.35. The average molecular weight is 389 g/mol. The van der Waals surface area contributed by atoms with Gasteiger partial charge in [0, 0.05) is 31.8 Å². The standard InChI is InChI=1S/C22H31NO5/c1-5-26-19(24)14-16-15-22(27-18-9-7-6-8-17(16)18)10-12-23(13-11-22)20(25)28-21(2,3)4/h6-9,16H,5,10-15H2,1-4H3/t16-/m1/s1. The first kappa shape index (κ1) is 20.5. The molecule has 0 aromatic heterocycles. The zero-order valence-electron chi connectivity index (χ0n) is 17.3. The van der Waals surface area contributed by atoms with Crippen molar-refractivity contribution in [2.45, 2.75) is 70.5 Å². The number of amides is 1. The molecule has 0 N–H and O–H groups in total. The largest absolute Gasteiger partial charge is 0.487 e. The van der Waals surface area contributed by atoms with Crippen LogP contribution in [0.25, 0.3) is 0 Å². The molecule has 6 nitrogen and oxygen atoms in total. The van der Waals surface area contributed by atoms with Crippen LogP contribution in [-0.2, 0) is 14.3 Å². The Kier molecular flexibility index (Phi) is 5.87. The van der Waals surface area contributed by atoms with Gasteiger partial charge in [0.25, 0.3) is 0 Å². The van der Waals surface area contributed by atoms with Gasteiger partial charge in [-0.2, -0.15) is 0 Å². The van der Waals surface area contributed by atoms with E-state index in [4.69, 9.17) is 14.2 Å². The van der Waals surface area contributed by atoms with Gasteiger partial charge in [0.15, 0.2) is 0 Å². The Balaban J connectivity index is 1.71. The lowest BCUT2D eigenvalue weighted by Gasteiger charge is -2.46. The second-order valence-corrected chi connectivity index (χ2v) is 8.70. The van der Waals surface area contributed by atoms with Gasteiger partial charge in [0.2, 0.25) is 0 Å². The fourth-order valence-corrected chi connectivity index (χ4v) is 4.08. The minimum atomic E-state index is -0.503. The van der Waals surface area contributed by atoms with Crippen LogP contribution >= 0.6 is 0 Å². The van der Waals surface area contributed by atoms with Crippen molar-refractivity contribution in [2.24, 2.45) is 0 Å². The smallest absolute Gasteiger partial charge is 0.410 e. The second kappa shape index (κ2) is 8.02. The number of fused-ring (bicyclic) bond motifs is 1. The molecule has 154 valence electrons. The summed E-state index contributed by atoms with van der Waals surface area (Å²) in [5, 5.41) is 0. The van der Waals surface area contributed by atoms with Crippen molar-refractivity contribution in [1.82, 2.24) is 4.90 Å². The number of benzene rings is 1. The van der Waals surface area contributed by atoms with Crippen LogP contribution in [0.3, 0.4) is 0 Å². The van der Waals surface area contributed by atoms with E-state index in [1.54, 1.807) is 4.90 Å². The summed E-state index contributed by atoms with van der Waals surface area (Å²) in [5.41, 5.74) is 0.206. The van der Waals surface area contributed by atoms with Crippen molar-refractivity contribution in [3.8, 4) is 5.75 Å². The number of ether oxygens (including phenoxy) is 3. The Morgan fingerprint density at radius 1 is 1.21 bits per heavy atom. The van der Waals surface area contributed by atoms with Gasteiger partial charge < -0.3 is 19.1 Å². The molecular formula is C22H31NO5. The monoisotopic (exact) mass is 389 g/mol. The molecule has 3 rings (SSSR count). The lowest BCUT2D eigenvalue weighted by atomic mass is 9.76. The minimum absolute atomic E-state index is 0.0667. The number of piperidine rings is 1. The summed E-state index contributed by atoms with van der Waals surface area (Å²) in [6.07, 6.45) is 2.28. The summed E-state index contributed by atoms with van der Waals surface area (Å²) in [6.45, 7) is 9.00. The van der Waals surface area contributed by atoms with E-state index >= 15 is 0 Å². The first-order valence-electron chi connectivity index (χ1n) is 10.1. The number of rotatable bonds is 3. The van der Waals surface area contributed by atoms with E-state index in [-0.39, 0.29) is 23.6 Å². The SMILES string of the molecule is CCOC(=O)C[C@@H]1CC2(CCN(C(=O)OC(C)(C)C)CC2)Oc2ccccc21. The number of carbonyl (C=O) groups is 2. The lowest BCUT2D eigenvalue weighted by molar-refractivity contribution is -0.144. The molecule has 0 radical (unpaired) electrons. The maximum Gasteiger partial charge on any atom is 0.410 e. The predicted octanol–water partition coefficient (Wildman–Crippen LogP) is 4.28. The molecule has 1 aromatic carbocycles. The van der Waals surface area contributed by atoms with Gasteiger partial charge in [-0.05, 0) is 45.7 Å². The molecule has 2 aliphatic heterocycles. The quantitative estimate of drug-likeness (QED) is 0.722. The highest BCUT2D eigenvalue weighted by Gasteiger charge is 2.44. The fraction of sp³-hybridized carbons (Fsp3) is 0.636. The van der Waals surface area contributed by atoms with E-state index in [1.807, 2.05) is 52.0 Å². The highest BCUT2D eigenvalue weighted by Crippen LogP contribution is 2.46. The molecule has 2 aliphatic rings. The molecule has 2 heterocycles. The zero-order valence-corrected chi connectivity index (χ0v) is 17.3. The summed E-state index contributed by atoms with van der Waals surface area (Å²) in [7, 11) is 0. The lowest BCUT2D eigenvalue weighted by Crippen LogP contribution is -2.52. The van der Waals surface area contributed by atoms with E-state index in [0.29, 0.717) is 26.1 Å². The van der Waals surface area contributed by atoms with Crippen molar-refractivity contribution in [3.05, 3.63) is 29.8 Å². The Hall–Kier alpha value is -2.24. The predicted molar refractivity (Wildman–Crippen MR) is 105 cm³/mol. The number of nitrogens with zero attached hydrogens (tertiary/aromatic N) is 1. The van der Waals surface area contributed by atoms with E-state index in [0.717, 1.165) is 30.6 Å². The maximum atomic E-state index is 12.4. The Morgan fingerprint density at radius 2 is 1.89 bits per heavy atom. The fourth-order valence-electron chi connectivity index (χ4n) is 4.08. The van der Waals surface area contributed by atoms with Crippen LogP contribution in [0, 0.1) is 0 Å². The summed E-state index contributed by atoms with van der Waals surface area (Å²) < 4.78 is 17.1. The Morgan fingerprint density at radius 3 is 2.54 bits per heavy atom. The molecule has 1 saturated heterocycles. The van der Waals surface area contributed by atoms with Crippen LogP contribution in [0.4, 0.5) is 4.79 Å². The van der Waals surface area contributed by atoms with E-state index in [9.17, 15) is 9.59 Å². The van der Waals surface area contributed by atoms with Crippen molar-refractivity contribution in [2.75, 3.05) is 19.7 Å². The second-order valence-electron chi connectivity index (χ2n) is 8.70. The number of hydrogen-bond donors (Lipinski definition) is 0. The first-order chi connectivity index (χ1) is 13.2. The third kappa shape index (κ3) is 4.78. The van der Waals surface area contributed by atoms with Crippen molar-refractivity contribution in [3.63, 3.8) is 0 Å². The minimum Gasteiger partial charge on any atom is -0.487 e. The molecule has 28 heavy (non-hydrogen) atoms. The van der Waals surface area contributed by atoms with Crippen molar-refractivity contribution < 1.29 is 23.8 Å². The van der Waals surface area contributed by atoms with Crippen molar-refractivity contribution >= 4 is 12.1 Å². The first-order valence-corrected chi connectivity index (χ1v) is 10.1. The van der Waals surface area contributed by atoms with Gasteiger partial charge in [-0.25, -0.2) is 4.79 Å². The number of hydrogen-bond acceptors (Lipinski definition) is 5. The van der Waals surface area contributed by atoms with Gasteiger partial charge in [0.05, 0.1) is 13.0 Å². The summed E-state index contributed by atoms with van der Waals surface area (Å²) >= 11 is 0. The van der Waals surface area contributed by atoms with Crippen LogP contribution in [-0.4, -0.2) is 47.9 Å². The highest BCUT2D eigenvalue weighted by atomic mass is 16.6. The van der Waals surface area contributed by atoms with Gasteiger partial charge in [0.1, 0.15) is 17.0 Å². The van der Waals surface area contributed by atoms with Gasteiger partial charge >= 0.3 is 12.1 Å². The number of esters is 1. The molecule has 1 atom stereocenters. The molecule has 0 saturated carbocycles.